The number of rotatable bonds is 2. The Morgan fingerprint density at radius 3 is 1.76 bits per heavy atom. The molecule has 2 aromatic carbocycles. The highest BCUT2D eigenvalue weighted by Gasteiger charge is 1.96. The summed E-state index contributed by atoms with van der Waals surface area (Å²) < 4.78 is 1.13. The summed E-state index contributed by atoms with van der Waals surface area (Å²) in [6.07, 6.45) is 0.322. The monoisotopic (exact) mass is 310 g/mol. The van der Waals surface area contributed by atoms with Gasteiger partial charge in [-0.2, -0.15) is 0 Å². The molecule has 0 amide bonds. The molecule has 0 aliphatic heterocycles. The maximum Gasteiger partial charge on any atom is 0.226 e. The maximum absolute atomic E-state index is 10.4. The van der Waals surface area contributed by atoms with Gasteiger partial charge in [0.25, 0.3) is 0 Å². The summed E-state index contributed by atoms with van der Waals surface area (Å²) in [5.41, 5.74) is 0.961. The average molecular weight is 312 g/mol. The van der Waals surface area contributed by atoms with E-state index in [1.807, 2.05) is 60.7 Å². The van der Waals surface area contributed by atoms with Crippen molar-refractivity contribution in [2.24, 2.45) is 0 Å². The third-order valence-electron chi connectivity index (χ3n) is 1.92. The van der Waals surface area contributed by atoms with Gasteiger partial charge in [0, 0.05) is 10.9 Å². The van der Waals surface area contributed by atoms with Crippen LogP contribution in [-0.2, 0) is 11.2 Å². The van der Waals surface area contributed by atoms with Gasteiger partial charge in [-0.15, -0.1) is 0 Å². The van der Waals surface area contributed by atoms with Crippen molar-refractivity contribution in [3.8, 4) is 0 Å². The number of halogens is 2. The van der Waals surface area contributed by atoms with Gasteiger partial charge in [-0.25, -0.2) is 0 Å². The van der Waals surface area contributed by atoms with E-state index < -0.39 is 0 Å². The van der Waals surface area contributed by atoms with Gasteiger partial charge in [0.1, 0.15) is 0 Å². The molecule has 0 aromatic heterocycles. The summed E-state index contributed by atoms with van der Waals surface area (Å²) in [6.45, 7) is 0. The predicted molar refractivity (Wildman–Crippen MR) is 75.1 cm³/mol. The average Bonchev–Trinajstić information content (AvgIpc) is 2.31. The molecular weight excluding hydrogens is 300 g/mol. The van der Waals surface area contributed by atoms with Crippen molar-refractivity contribution in [2.45, 2.75) is 6.42 Å². The van der Waals surface area contributed by atoms with Gasteiger partial charge in [0.15, 0.2) is 0 Å². The van der Waals surface area contributed by atoms with E-state index in [-0.39, 0.29) is 5.24 Å². The van der Waals surface area contributed by atoms with Crippen molar-refractivity contribution >= 4 is 32.8 Å². The third-order valence-corrected chi connectivity index (χ3v) is 2.58. The molecule has 0 fully saturated rings. The Kier molecular flexibility index (Phi) is 6.60. The standard InChI is InChI=1S/C8H7ClO.C6H5Br/c9-8(10)6-7-4-2-1-3-5-7;7-6-4-2-1-3-5-6/h1-5H,6H2;1-5H. The Hall–Kier alpha value is -1.12. The molecule has 0 saturated heterocycles. The first-order chi connectivity index (χ1) is 8.18. The SMILES string of the molecule is Brc1ccccc1.O=C(Cl)Cc1ccccc1. The summed E-state index contributed by atoms with van der Waals surface area (Å²) in [6, 6.07) is 19.4. The summed E-state index contributed by atoms with van der Waals surface area (Å²) in [4.78, 5) is 10.4. The fourth-order valence-electron chi connectivity index (χ4n) is 1.17. The van der Waals surface area contributed by atoms with E-state index in [0.717, 1.165) is 10.0 Å². The molecule has 0 saturated carbocycles. The molecule has 88 valence electrons. The van der Waals surface area contributed by atoms with Crippen molar-refractivity contribution < 1.29 is 4.79 Å². The fourth-order valence-corrected chi connectivity index (χ4v) is 1.63. The first kappa shape index (κ1) is 13.9. The molecule has 0 atom stereocenters. The van der Waals surface area contributed by atoms with Gasteiger partial charge in [0.05, 0.1) is 0 Å². The minimum absolute atomic E-state index is 0.314. The molecule has 2 rings (SSSR count). The minimum Gasteiger partial charge on any atom is -0.281 e. The van der Waals surface area contributed by atoms with Crippen LogP contribution in [0.15, 0.2) is 65.1 Å². The zero-order chi connectivity index (χ0) is 12.5. The lowest BCUT2D eigenvalue weighted by Crippen LogP contribution is -1.91. The van der Waals surface area contributed by atoms with Crippen LogP contribution in [0.25, 0.3) is 0 Å². The molecule has 0 N–H and O–H groups in total. The summed E-state index contributed by atoms with van der Waals surface area (Å²) in [7, 11) is 0. The Morgan fingerprint density at radius 2 is 1.41 bits per heavy atom. The first-order valence-corrected chi connectivity index (χ1v) is 6.28. The van der Waals surface area contributed by atoms with Crippen LogP contribution in [0.3, 0.4) is 0 Å². The molecule has 0 unspecified atom stereocenters. The fraction of sp³-hybridized carbons (Fsp3) is 0.0714. The topological polar surface area (TPSA) is 17.1 Å². The third kappa shape index (κ3) is 6.93. The number of hydrogen-bond donors (Lipinski definition) is 0. The summed E-state index contributed by atoms with van der Waals surface area (Å²) in [5, 5.41) is -0.314. The normalized spacial score (nSPS) is 9.06. The van der Waals surface area contributed by atoms with Crippen LogP contribution >= 0.6 is 27.5 Å². The lowest BCUT2D eigenvalue weighted by Gasteiger charge is -1.92. The van der Waals surface area contributed by atoms with Crippen LogP contribution in [0.1, 0.15) is 5.56 Å². The molecule has 1 nitrogen and oxygen atoms in total. The highest BCUT2D eigenvalue weighted by Crippen LogP contribution is 2.05. The lowest BCUT2D eigenvalue weighted by atomic mass is 10.2. The van der Waals surface area contributed by atoms with Crippen molar-refractivity contribution in [1.29, 1.82) is 0 Å². The van der Waals surface area contributed by atoms with Gasteiger partial charge in [-0.05, 0) is 29.3 Å². The Balaban J connectivity index is 0.000000181. The van der Waals surface area contributed by atoms with Gasteiger partial charge in [-0.1, -0.05) is 64.5 Å². The van der Waals surface area contributed by atoms with Crippen LogP contribution in [0.5, 0.6) is 0 Å². The molecule has 0 radical (unpaired) electrons. The Bertz CT molecular complexity index is 442. The second-order valence-corrected chi connectivity index (χ2v) is 4.65. The maximum atomic E-state index is 10.4. The molecular formula is C14H12BrClO. The van der Waals surface area contributed by atoms with Gasteiger partial charge >= 0.3 is 0 Å². The largest absolute Gasteiger partial charge is 0.281 e. The zero-order valence-electron chi connectivity index (χ0n) is 9.14. The molecule has 0 heterocycles. The molecule has 3 heteroatoms. The van der Waals surface area contributed by atoms with Crippen molar-refractivity contribution in [3.63, 3.8) is 0 Å². The molecule has 0 bridgehead atoms. The molecule has 0 aliphatic carbocycles. The summed E-state index contributed by atoms with van der Waals surface area (Å²) >= 11 is 8.48. The Morgan fingerprint density at radius 1 is 0.941 bits per heavy atom. The van der Waals surface area contributed by atoms with E-state index in [1.165, 1.54) is 0 Å². The van der Waals surface area contributed by atoms with Crippen molar-refractivity contribution in [3.05, 3.63) is 70.7 Å². The second-order valence-electron chi connectivity index (χ2n) is 3.31. The first-order valence-electron chi connectivity index (χ1n) is 5.11. The zero-order valence-corrected chi connectivity index (χ0v) is 11.5. The second kappa shape index (κ2) is 8.04. The van der Waals surface area contributed by atoms with E-state index in [2.05, 4.69) is 15.9 Å². The van der Waals surface area contributed by atoms with E-state index >= 15 is 0 Å². The van der Waals surface area contributed by atoms with Crippen LogP contribution in [0.4, 0.5) is 0 Å². The van der Waals surface area contributed by atoms with Crippen LogP contribution < -0.4 is 0 Å². The van der Waals surface area contributed by atoms with Crippen molar-refractivity contribution in [2.75, 3.05) is 0 Å². The number of carbonyl (C=O) groups excluding carboxylic acids is 1. The van der Waals surface area contributed by atoms with Gasteiger partial charge < -0.3 is 0 Å². The smallest absolute Gasteiger partial charge is 0.226 e. The van der Waals surface area contributed by atoms with E-state index in [9.17, 15) is 4.79 Å². The van der Waals surface area contributed by atoms with Gasteiger partial charge in [0.2, 0.25) is 5.24 Å². The Labute approximate surface area is 115 Å². The van der Waals surface area contributed by atoms with E-state index in [0.29, 0.717) is 6.42 Å². The van der Waals surface area contributed by atoms with Crippen LogP contribution in [0.2, 0.25) is 0 Å². The lowest BCUT2D eigenvalue weighted by molar-refractivity contribution is -0.111. The highest BCUT2D eigenvalue weighted by atomic mass is 79.9. The molecule has 2 aromatic rings. The number of carbonyl (C=O) groups is 1. The van der Waals surface area contributed by atoms with Gasteiger partial charge in [-0.3, -0.25) is 4.79 Å². The van der Waals surface area contributed by atoms with Crippen LogP contribution in [0, 0.1) is 0 Å². The summed E-state index contributed by atoms with van der Waals surface area (Å²) in [5.74, 6) is 0. The highest BCUT2D eigenvalue weighted by molar-refractivity contribution is 9.10. The van der Waals surface area contributed by atoms with E-state index in [4.69, 9.17) is 11.6 Å². The van der Waals surface area contributed by atoms with E-state index in [1.54, 1.807) is 0 Å². The van der Waals surface area contributed by atoms with Crippen LogP contribution in [-0.4, -0.2) is 5.24 Å². The van der Waals surface area contributed by atoms with Crippen molar-refractivity contribution in [1.82, 2.24) is 0 Å². The predicted octanol–water partition coefficient (Wildman–Crippen LogP) is 4.44. The minimum atomic E-state index is -0.314. The quantitative estimate of drug-likeness (QED) is 0.749. The number of benzene rings is 2. The molecule has 0 spiro atoms. The molecule has 0 aliphatic rings. The number of hydrogen-bond acceptors (Lipinski definition) is 1. The molecule has 17 heavy (non-hydrogen) atoms.